The summed E-state index contributed by atoms with van der Waals surface area (Å²) in [6, 6.07) is 8.46. The number of aliphatic imine (C=N–C) groups is 1. The Kier molecular flexibility index (Phi) is 3.41. The minimum Gasteiger partial charge on any atom is -0.468 e. The number of nitrogens with zero attached hydrogens (tertiary/aromatic N) is 1. The quantitative estimate of drug-likeness (QED) is 0.807. The molecule has 5 heteroatoms. The predicted molar refractivity (Wildman–Crippen MR) is 66.3 cm³/mol. The molecule has 1 aromatic rings. The van der Waals surface area contributed by atoms with Gasteiger partial charge in [-0.05, 0) is 12.5 Å². The number of carbonyl (C=O) groups is 2. The molecule has 0 aliphatic carbocycles. The maximum Gasteiger partial charge on any atom is 0.341 e. The average molecular weight is 246 g/mol. The molecular weight excluding hydrogens is 232 g/mol. The van der Waals surface area contributed by atoms with Crippen LogP contribution in [0, 0.1) is 5.92 Å². The van der Waals surface area contributed by atoms with E-state index in [1.165, 1.54) is 7.11 Å². The molecule has 2 unspecified atom stereocenters. The number of carbonyl (C=O) groups excluding carboxylic acids is 2. The van der Waals surface area contributed by atoms with Gasteiger partial charge in [0, 0.05) is 5.71 Å². The molecule has 1 aromatic carbocycles. The lowest BCUT2D eigenvalue weighted by Gasteiger charge is -2.29. The largest absolute Gasteiger partial charge is 0.468 e. The third kappa shape index (κ3) is 2.25. The van der Waals surface area contributed by atoms with Crippen molar-refractivity contribution in [3.63, 3.8) is 0 Å². The van der Waals surface area contributed by atoms with Crippen LogP contribution >= 0.6 is 0 Å². The summed E-state index contributed by atoms with van der Waals surface area (Å²) < 4.78 is 4.78. The molecule has 0 bridgehead atoms. The van der Waals surface area contributed by atoms with E-state index in [1.54, 1.807) is 6.92 Å². The molecule has 2 rings (SSSR count). The fourth-order valence-corrected chi connectivity index (χ4v) is 2.09. The van der Waals surface area contributed by atoms with Crippen molar-refractivity contribution in [2.45, 2.75) is 13.0 Å². The summed E-state index contributed by atoms with van der Waals surface area (Å²) in [5.41, 5.74) is 1.33. The fraction of sp³-hybridized carbons (Fsp3) is 0.308. The Hall–Kier alpha value is -2.17. The number of amides is 2. The van der Waals surface area contributed by atoms with Gasteiger partial charge in [0.05, 0.1) is 13.2 Å². The lowest BCUT2D eigenvalue weighted by molar-refractivity contribution is -0.143. The van der Waals surface area contributed by atoms with Crippen LogP contribution < -0.4 is 5.32 Å². The number of urea groups is 1. The molecule has 0 radical (unpaired) electrons. The maximum atomic E-state index is 11.8. The highest BCUT2D eigenvalue weighted by Crippen LogP contribution is 2.27. The highest BCUT2D eigenvalue weighted by molar-refractivity contribution is 6.08. The van der Waals surface area contributed by atoms with Crippen molar-refractivity contribution in [3.05, 3.63) is 35.9 Å². The maximum absolute atomic E-state index is 11.8. The molecule has 2 amide bonds. The van der Waals surface area contributed by atoms with Crippen LogP contribution in [0.2, 0.25) is 0 Å². The van der Waals surface area contributed by atoms with E-state index in [4.69, 9.17) is 4.74 Å². The zero-order chi connectivity index (χ0) is 13.1. The monoisotopic (exact) mass is 246 g/mol. The van der Waals surface area contributed by atoms with Crippen molar-refractivity contribution in [3.8, 4) is 0 Å². The number of rotatable bonds is 2. The number of nitrogens with one attached hydrogen (secondary N) is 1. The third-order valence-corrected chi connectivity index (χ3v) is 2.95. The van der Waals surface area contributed by atoms with Crippen molar-refractivity contribution in [1.82, 2.24) is 5.32 Å². The standard InChI is InChI=1S/C13H14N2O3/c1-8-10(12(16)18-2)11(15-13(17)14-8)9-6-4-3-5-7-9/h3-7,10-11H,1-2H3,(H,15,17). The van der Waals surface area contributed by atoms with Gasteiger partial charge in [0.15, 0.2) is 0 Å². The molecule has 0 spiro atoms. The number of esters is 1. The number of methoxy groups -OCH3 is 1. The van der Waals surface area contributed by atoms with E-state index in [0.717, 1.165) is 5.56 Å². The van der Waals surface area contributed by atoms with E-state index in [1.807, 2.05) is 30.3 Å². The first kappa shape index (κ1) is 12.3. The van der Waals surface area contributed by atoms with E-state index in [0.29, 0.717) is 5.71 Å². The molecule has 1 heterocycles. The number of benzene rings is 1. The van der Waals surface area contributed by atoms with Gasteiger partial charge in [0.1, 0.15) is 5.92 Å². The molecule has 1 N–H and O–H groups in total. The van der Waals surface area contributed by atoms with Gasteiger partial charge < -0.3 is 10.1 Å². The summed E-state index contributed by atoms with van der Waals surface area (Å²) >= 11 is 0. The Labute approximate surface area is 105 Å². The molecule has 94 valence electrons. The Morgan fingerprint density at radius 1 is 1.33 bits per heavy atom. The van der Waals surface area contributed by atoms with E-state index in [9.17, 15) is 9.59 Å². The first-order chi connectivity index (χ1) is 8.63. The highest BCUT2D eigenvalue weighted by atomic mass is 16.5. The molecule has 0 saturated heterocycles. The van der Waals surface area contributed by atoms with Gasteiger partial charge in [-0.25, -0.2) is 9.79 Å². The second-order valence-corrected chi connectivity index (χ2v) is 4.09. The van der Waals surface area contributed by atoms with Crippen molar-refractivity contribution in [2.75, 3.05) is 7.11 Å². The molecule has 0 saturated carbocycles. The molecule has 18 heavy (non-hydrogen) atoms. The Morgan fingerprint density at radius 3 is 2.61 bits per heavy atom. The van der Waals surface area contributed by atoms with Crippen LogP contribution in [-0.2, 0) is 9.53 Å². The van der Waals surface area contributed by atoms with Gasteiger partial charge in [-0.15, -0.1) is 0 Å². The van der Waals surface area contributed by atoms with Crippen molar-refractivity contribution >= 4 is 17.7 Å². The van der Waals surface area contributed by atoms with Crippen molar-refractivity contribution < 1.29 is 14.3 Å². The second kappa shape index (κ2) is 5.00. The molecule has 1 aliphatic heterocycles. The van der Waals surface area contributed by atoms with Crippen LogP contribution in [0.5, 0.6) is 0 Å². The lowest BCUT2D eigenvalue weighted by Crippen LogP contribution is -2.44. The summed E-state index contributed by atoms with van der Waals surface area (Å²) in [4.78, 5) is 27.1. The number of hydrogen-bond acceptors (Lipinski definition) is 3. The van der Waals surface area contributed by atoms with Crippen LogP contribution in [0.15, 0.2) is 35.3 Å². The number of ether oxygens (including phenoxy) is 1. The smallest absolute Gasteiger partial charge is 0.341 e. The van der Waals surface area contributed by atoms with Gasteiger partial charge in [-0.2, -0.15) is 0 Å². The molecule has 0 fully saturated rings. The van der Waals surface area contributed by atoms with Crippen molar-refractivity contribution in [1.29, 1.82) is 0 Å². The van der Waals surface area contributed by atoms with Crippen LogP contribution in [0.4, 0.5) is 4.79 Å². The zero-order valence-electron chi connectivity index (χ0n) is 10.2. The highest BCUT2D eigenvalue weighted by Gasteiger charge is 2.37. The number of hydrogen-bond donors (Lipinski definition) is 1. The zero-order valence-corrected chi connectivity index (χ0v) is 10.2. The average Bonchev–Trinajstić information content (AvgIpc) is 2.38. The molecule has 1 aliphatic rings. The summed E-state index contributed by atoms with van der Waals surface area (Å²) in [5, 5.41) is 2.70. The topological polar surface area (TPSA) is 67.8 Å². The van der Waals surface area contributed by atoms with Crippen LogP contribution in [-0.4, -0.2) is 24.8 Å². The van der Waals surface area contributed by atoms with Gasteiger partial charge >= 0.3 is 12.0 Å². The minimum absolute atomic E-state index is 0.398. The molecule has 2 atom stereocenters. The van der Waals surface area contributed by atoms with E-state index in [-0.39, 0.29) is 0 Å². The first-order valence-corrected chi connectivity index (χ1v) is 5.62. The van der Waals surface area contributed by atoms with Gasteiger partial charge in [0.25, 0.3) is 0 Å². The van der Waals surface area contributed by atoms with Crippen LogP contribution in [0.3, 0.4) is 0 Å². The molecule has 0 aromatic heterocycles. The summed E-state index contributed by atoms with van der Waals surface area (Å²) in [6.45, 7) is 1.66. The Morgan fingerprint density at radius 2 is 2.00 bits per heavy atom. The SMILES string of the molecule is COC(=O)C1C(C)=NC(=O)NC1c1ccccc1. The summed E-state index contributed by atoms with van der Waals surface area (Å²) in [5.74, 6) is -0.972. The van der Waals surface area contributed by atoms with Crippen LogP contribution in [0.1, 0.15) is 18.5 Å². The molecule has 5 nitrogen and oxygen atoms in total. The van der Waals surface area contributed by atoms with Gasteiger partial charge in [0.2, 0.25) is 0 Å². The van der Waals surface area contributed by atoms with E-state index in [2.05, 4.69) is 10.3 Å². The van der Waals surface area contributed by atoms with E-state index < -0.39 is 24.0 Å². The van der Waals surface area contributed by atoms with Gasteiger partial charge in [-0.1, -0.05) is 30.3 Å². The Bertz CT molecular complexity index is 496. The first-order valence-electron chi connectivity index (χ1n) is 5.62. The van der Waals surface area contributed by atoms with Crippen LogP contribution in [0.25, 0.3) is 0 Å². The third-order valence-electron chi connectivity index (χ3n) is 2.95. The molecular formula is C13H14N2O3. The van der Waals surface area contributed by atoms with E-state index >= 15 is 0 Å². The summed E-state index contributed by atoms with van der Waals surface area (Å²) in [7, 11) is 1.33. The van der Waals surface area contributed by atoms with Crippen molar-refractivity contribution in [2.24, 2.45) is 10.9 Å². The minimum atomic E-state index is -0.574. The lowest BCUT2D eigenvalue weighted by atomic mass is 9.88. The predicted octanol–water partition coefficient (Wildman–Crippen LogP) is 1.70. The van der Waals surface area contributed by atoms with Gasteiger partial charge in [-0.3, -0.25) is 4.79 Å². The normalized spacial score (nSPS) is 23.0. The second-order valence-electron chi connectivity index (χ2n) is 4.09. The summed E-state index contributed by atoms with van der Waals surface area (Å²) in [6.07, 6.45) is 0. The fourth-order valence-electron chi connectivity index (χ4n) is 2.09. The Balaban J connectivity index is 2.41.